The molecular weight excluding hydrogens is 308 g/mol. The van der Waals surface area contributed by atoms with Crippen molar-refractivity contribution in [1.29, 1.82) is 0 Å². The molecule has 23 heavy (non-hydrogen) atoms. The zero-order valence-electron chi connectivity index (χ0n) is 12.4. The summed E-state index contributed by atoms with van der Waals surface area (Å²) in [6.45, 7) is 1.30. The predicted molar refractivity (Wildman–Crippen MR) is 90.2 cm³/mol. The molecule has 0 spiro atoms. The molecule has 1 aliphatic rings. The number of carbonyl (C=O) groups excluding carboxylic acids is 1. The first-order valence-corrected chi connectivity index (χ1v) is 8.38. The van der Waals surface area contributed by atoms with Crippen LogP contribution in [0.2, 0.25) is 0 Å². The summed E-state index contributed by atoms with van der Waals surface area (Å²) < 4.78 is 1.80. The third-order valence-corrected chi connectivity index (χ3v) is 4.76. The second-order valence-electron chi connectivity index (χ2n) is 5.41. The molecule has 3 heterocycles. The second-order valence-corrected chi connectivity index (χ2v) is 6.44. The molecular formula is C17H16N4OS. The van der Waals surface area contributed by atoms with E-state index >= 15 is 0 Å². The van der Waals surface area contributed by atoms with Crippen molar-refractivity contribution in [3.8, 4) is 11.3 Å². The standard InChI is InChI=1S/C17H16N4OS/c22-17-15-9-14(12-5-2-1-3-6-12)20-21(15)16(11-19-17)18-10-13-7-4-8-23-13/h1-9,16,18H,10-11H2,(H,19,22)/t16-/m1/s1. The molecule has 116 valence electrons. The molecule has 1 aliphatic heterocycles. The minimum atomic E-state index is -0.0751. The maximum absolute atomic E-state index is 12.1. The molecule has 4 rings (SSSR count). The number of nitrogens with one attached hydrogen (secondary N) is 2. The number of benzene rings is 1. The molecule has 0 bridgehead atoms. The summed E-state index contributed by atoms with van der Waals surface area (Å²) in [6, 6.07) is 15.9. The fourth-order valence-electron chi connectivity index (χ4n) is 2.71. The summed E-state index contributed by atoms with van der Waals surface area (Å²) in [5.41, 5.74) is 2.43. The van der Waals surface area contributed by atoms with Crippen LogP contribution in [-0.4, -0.2) is 22.2 Å². The fraction of sp³-hybridized carbons (Fsp3) is 0.176. The van der Waals surface area contributed by atoms with Gasteiger partial charge in [-0.1, -0.05) is 36.4 Å². The van der Waals surface area contributed by atoms with Gasteiger partial charge in [-0.05, 0) is 17.5 Å². The summed E-state index contributed by atoms with van der Waals surface area (Å²) in [5.74, 6) is -0.0751. The molecule has 2 N–H and O–H groups in total. The largest absolute Gasteiger partial charge is 0.347 e. The fourth-order valence-corrected chi connectivity index (χ4v) is 3.36. The van der Waals surface area contributed by atoms with Gasteiger partial charge in [0.05, 0.1) is 12.2 Å². The first-order chi connectivity index (χ1) is 11.3. The van der Waals surface area contributed by atoms with Crippen LogP contribution in [0.5, 0.6) is 0 Å². The number of rotatable bonds is 4. The normalized spacial score (nSPS) is 16.9. The molecule has 0 saturated carbocycles. The average Bonchev–Trinajstić information content (AvgIpc) is 3.25. The van der Waals surface area contributed by atoms with Crippen molar-refractivity contribution in [2.45, 2.75) is 12.7 Å². The van der Waals surface area contributed by atoms with E-state index in [0.29, 0.717) is 12.2 Å². The minimum absolute atomic E-state index is 0.0396. The molecule has 0 aliphatic carbocycles. The molecule has 0 fully saturated rings. The lowest BCUT2D eigenvalue weighted by molar-refractivity contribution is 0.0900. The van der Waals surface area contributed by atoms with Crippen LogP contribution in [0.15, 0.2) is 53.9 Å². The number of nitrogens with zero attached hydrogens (tertiary/aromatic N) is 2. The Kier molecular flexibility index (Phi) is 3.69. The topological polar surface area (TPSA) is 59.0 Å². The molecule has 1 aromatic carbocycles. The van der Waals surface area contributed by atoms with Crippen molar-refractivity contribution in [2.75, 3.05) is 6.54 Å². The van der Waals surface area contributed by atoms with Crippen LogP contribution >= 0.6 is 11.3 Å². The highest BCUT2D eigenvalue weighted by atomic mass is 32.1. The number of thiophene rings is 1. The van der Waals surface area contributed by atoms with Crippen molar-refractivity contribution in [3.05, 3.63) is 64.5 Å². The molecule has 0 unspecified atom stereocenters. The smallest absolute Gasteiger partial charge is 0.269 e. The van der Waals surface area contributed by atoms with Gasteiger partial charge in [-0.25, -0.2) is 4.68 Å². The lowest BCUT2D eigenvalue weighted by atomic mass is 10.1. The quantitative estimate of drug-likeness (QED) is 0.776. The van der Waals surface area contributed by atoms with E-state index in [4.69, 9.17) is 0 Å². The van der Waals surface area contributed by atoms with E-state index in [9.17, 15) is 4.79 Å². The van der Waals surface area contributed by atoms with E-state index in [1.165, 1.54) is 4.88 Å². The highest BCUT2D eigenvalue weighted by Crippen LogP contribution is 2.23. The van der Waals surface area contributed by atoms with E-state index in [0.717, 1.165) is 17.8 Å². The van der Waals surface area contributed by atoms with Crippen LogP contribution in [-0.2, 0) is 6.54 Å². The lowest BCUT2D eigenvalue weighted by Crippen LogP contribution is -2.45. The summed E-state index contributed by atoms with van der Waals surface area (Å²) in [5, 5.41) is 13.1. The van der Waals surface area contributed by atoms with Crippen LogP contribution in [0.4, 0.5) is 0 Å². The number of aromatic nitrogens is 2. The van der Waals surface area contributed by atoms with Crippen molar-refractivity contribution in [1.82, 2.24) is 20.4 Å². The van der Waals surface area contributed by atoms with E-state index in [-0.39, 0.29) is 12.1 Å². The lowest BCUT2D eigenvalue weighted by Gasteiger charge is -2.25. The number of hydrogen-bond acceptors (Lipinski definition) is 4. The van der Waals surface area contributed by atoms with Crippen LogP contribution in [0.25, 0.3) is 11.3 Å². The van der Waals surface area contributed by atoms with Crippen molar-refractivity contribution in [2.24, 2.45) is 0 Å². The number of amides is 1. The van der Waals surface area contributed by atoms with E-state index in [1.807, 2.05) is 42.5 Å². The van der Waals surface area contributed by atoms with Gasteiger partial charge in [-0.2, -0.15) is 5.10 Å². The van der Waals surface area contributed by atoms with Gasteiger partial charge in [-0.3, -0.25) is 10.1 Å². The van der Waals surface area contributed by atoms with Gasteiger partial charge in [0.15, 0.2) is 0 Å². The molecule has 1 amide bonds. The minimum Gasteiger partial charge on any atom is -0.347 e. The van der Waals surface area contributed by atoms with Gasteiger partial charge in [0.2, 0.25) is 0 Å². The summed E-state index contributed by atoms with van der Waals surface area (Å²) >= 11 is 1.72. The summed E-state index contributed by atoms with van der Waals surface area (Å²) in [7, 11) is 0. The highest BCUT2D eigenvalue weighted by Gasteiger charge is 2.27. The molecule has 5 nitrogen and oxygen atoms in total. The van der Waals surface area contributed by atoms with E-state index in [2.05, 4.69) is 27.2 Å². The Labute approximate surface area is 138 Å². The predicted octanol–water partition coefficient (Wildman–Crippen LogP) is 2.64. The van der Waals surface area contributed by atoms with E-state index in [1.54, 1.807) is 16.0 Å². The van der Waals surface area contributed by atoms with Crippen molar-refractivity contribution >= 4 is 17.2 Å². The van der Waals surface area contributed by atoms with Gasteiger partial charge in [0, 0.05) is 17.0 Å². The van der Waals surface area contributed by atoms with Gasteiger partial charge >= 0.3 is 0 Å². The Morgan fingerprint density at radius 1 is 1.26 bits per heavy atom. The second kappa shape index (κ2) is 5.98. The average molecular weight is 324 g/mol. The number of fused-ring (bicyclic) bond motifs is 1. The summed E-state index contributed by atoms with van der Waals surface area (Å²) in [6.07, 6.45) is -0.0396. The van der Waals surface area contributed by atoms with Crippen LogP contribution in [0.1, 0.15) is 21.5 Å². The molecule has 0 radical (unpaired) electrons. The molecule has 3 aromatic rings. The Hall–Kier alpha value is -2.44. The molecule has 1 atom stereocenters. The monoisotopic (exact) mass is 324 g/mol. The summed E-state index contributed by atoms with van der Waals surface area (Å²) in [4.78, 5) is 13.4. The van der Waals surface area contributed by atoms with Crippen LogP contribution < -0.4 is 10.6 Å². The molecule has 6 heteroatoms. The maximum atomic E-state index is 12.1. The number of hydrogen-bond donors (Lipinski definition) is 2. The van der Waals surface area contributed by atoms with Gasteiger partial charge < -0.3 is 5.32 Å². The van der Waals surface area contributed by atoms with Gasteiger partial charge in [0.25, 0.3) is 5.91 Å². The first-order valence-electron chi connectivity index (χ1n) is 7.50. The zero-order valence-corrected chi connectivity index (χ0v) is 13.2. The highest BCUT2D eigenvalue weighted by molar-refractivity contribution is 7.09. The van der Waals surface area contributed by atoms with Crippen molar-refractivity contribution in [3.63, 3.8) is 0 Å². The number of carbonyl (C=O) groups is 1. The van der Waals surface area contributed by atoms with Crippen LogP contribution in [0, 0.1) is 0 Å². The Bertz CT molecular complexity index is 811. The van der Waals surface area contributed by atoms with Crippen LogP contribution in [0.3, 0.4) is 0 Å². The first kappa shape index (κ1) is 14.2. The van der Waals surface area contributed by atoms with Gasteiger partial charge in [-0.15, -0.1) is 11.3 Å². The third-order valence-electron chi connectivity index (χ3n) is 3.88. The van der Waals surface area contributed by atoms with Crippen molar-refractivity contribution < 1.29 is 4.79 Å². The SMILES string of the molecule is O=C1NC[C@H](NCc2cccs2)n2nc(-c3ccccc3)cc21. The Morgan fingerprint density at radius 3 is 2.91 bits per heavy atom. The van der Waals surface area contributed by atoms with Gasteiger partial charge in [0.1, 0.15) is 11.9 Å². The Balaban J connectivity index is 1.62. The van der Waals surface area contributed by atoms with E-state index < -0.39 is 0 Å². The molecule has 2 aromatic heterocycles. The Morgan fingerprint density at radius 2 is 2.13 bits per heavy atom. The zero-order chi connectivity index (χ0) is 15.6. The third kappa shape index (κ3) is 2.78. The molecule has 0 saturated heterocycles. The maximum Gasteiger partial charge on any atom is 0.269 e.